The van der Waals surface area contributed by atoms with Gasteiger partial charge in [0.25, 0.3) is 5.91 Å². The first-order valence-corrected chi connectivity index (χ1v) is 9.13. The number of aromatic nitrogens is 3. The van der Waals surface area contributed by atoms with Gasteiger partial charge in [0.2, 0.25) is 5.95 Å². The number of pyridine rings is 1. The van der Waals surface area contributed by atoms with E-state index < -0.39 is 0 Å². The summed E-state index contributed by atoms with van der Waals surface area (Å²) < 4.78 is 0. The van der Waals surface area contributed by atoms with E-state index in [2.05, 4.69) is 43.9 Å². The number of carbonyl (C=O) groups is 1. The van der Waals surface area contributed by atoms with E-state index >= 15 is 0 Å². The second kappa shape index (κ2) is 8.60. The fourth-order valence-corrected chi connectivity index (χ4v) is 2.92. The summed E-state index contributed by atoms with van der Waals surface area (Å²) in [4.78, 5) is 29.6. The van der Waals surface area contributed by atoms with Gasteiger partial charge in [0.15, 0.2) is 0 Å². The number of carbonyl (C=O) groups excluding carboxylic acids is 1. The van der Waals surface area contributed by atoms with Crippen LogP contribution in [0.3, 0.4) is 0 Å². The van der Waals surface area contributed by atoms with Gasteiger partial charge in [-0.25, -0.2) is 9.97 Å². The summed E-state index contributed by atoms with van der Waals surface area (Å²) in [5.41, 5.74) is 1.59. The van der Waals surface area contributed by atoms with E-state index in [4.69, 9.17) is 0 Å². The number of hydrogen-bond acceptors (Lipinski definition) is 6. The third-order valence-corrected chi connectivity index (χ3v) is 4.47. The molecule has 1 amide bonds. The van der Waals surface area contributed by atoms with Crippen LogP contribution < -0.4 is 15.1 Å². The summed E-state index contributed by atoms with van der Waals surface area (Å²) in [5, 5.41) is 2.97. The van der Waals surface area contributed by atoms with Gasteiger partial charge in [-0.05, 0) is 24.5 Å². The molecular weight excluding hydrogens is 328 g/mol. The number of nitrogens with zero attached hydrogens (tertiary/aromatic N) is 5. The molecule has 0 unspecified atom stereocenters. The summed E-state index contributed by atoms with van der Waals surface area (Å²) in [7, 11) is 0. The molecule has 7 heteroatoms. The van der Waals surface area contributed by atoms with Crippen molar-refractivity contribution >= 4 is 17.5 Å². The van der Waals surface area contributed by atoms with Crippen molar-refractivity contribution in [3.05, 3.63) is 42.5 Å². The van der Waals surface area contributed by atoms with E-state index in [0.29, 0.717) is 18.0 Å². The summed E-state index contributed by atoms with van der Waals surface area (Å²) in [6.45, 7) is 8.36. The SMILES string of the molecule is CC(C)CCNC(=O)c1cncc(N2CCN(c3ncccn3)CC2)c1. The van der Waals surface area contributed by atoms with Crippen LogP contribution in [0.25, 0.3) is 0 Å². The average Bonchev–Trinajstić information content (AvgIpc) is 2.68. The third kappa shape index (κ3) is 4.68. The molecule has 1 saturated heterocycles. The monoisotopic (exact) mass is 354 g/mol. The minimum absolute atomic E-state index is 0.0590. The van der Waals surface area contributed by atoms with E-state index in [1.165, 1.54) is 0 Å². The van der Waals surface area contributed by atoms with Gasteiger partial charge in [-0.15, -0.1) is 0 Å². The van der Waals surface area contributed by atoms with Gasteiger partial charge >= 0.3 is 0 Å². The smallest absolute Gasteiger partial charge is 0.252 e. The summed E-state index contributed by atoms with van der Waals surface area (Å²) in [6.07, 6.45) is 7.95. The first kappa shape index (κ1) is 18.1. The lowest BCUT2D eigenvalue weighted by atomic mass is 10.1. The maximum Gasteiger partial charge on any atom is 0.252 e. The van der Waals surface area contributed by atoms with Crippen LogP contribution in [0, 0.1) is 5.92 Å². The Hall–Kier alpha value is -2.70. The number of nitrogens with one attached hydrogen (secondary N) is 1. The predicted molar refractivity (Wildman–Crippen MR) is 102 cm³/mol. The Morgan fingerprint density at radius 3 is 2.50 bits per heavy atom. The van der Waals surface area contributed by atoms with Crippen LogP contribution in [-0.4, -0.2) is 53.6 Å². The van der Waals surface area contributed by atoms with Crippen molar-refractivity contribution in [1.29, 1.82) is 0 Å². The topological polar surface area (TPSA) is 74.2 Å². The number of anilines is 2. The van der Waals surface area contributed by atoms with Crippen LogP contribution in [0.5, 0.6) is 0 Å². The Morgan fingerprint density at radius 2 is 1.81 bits per heavy atom. The maximum absolute atomic E-state index is 12.3. The highest BCUT2D eigenvalue weighted by molar-refractivity contribution is 5.94. The lowest BCUT2D eigenvalue weighted by Gasteiger charge is -2.35. The van der Waals surface area contributed by atoms with Gasteiger partial charge in [-0.2, -0.15) is 0 Å². The molecular formula is C19H26N6O. The molecule has 2 aromatic rings. The molecule has 3 heterocycles. The fourth-order valence-electron chi connectivity index (χ4n) is 2.92. The highest BCUT2D eigenvalue weighted by Gasteiger charge is 2.20. The first-order valence-electron chi connectivity index (χ1n) is 9.13. The Kier molecular flexibility index (Phi) is 5.99. The van der Waals surface area contributed by atoms with E-state index in [9.17, 15) is 4.79 Å². The fraction of sp³-hybridized carbons (Fsp3) is 0.474. The van der Waals surface area contributed by atoms with E-state index in [0.717, 1.165) is 44.2 Å². The zero-order chi connectivity index (χ0) is 18.4. The average molecular weight is 354 g/mol. The van der Waals surface area contributed by atoms with Crippen molar-refractivity contribution in [2.45, 2.75) is 20.3 Å². The summed E-state index contributed by atoms with van der Waals surface area (Å²) >= 11 is 0. The predicted octanol–water partition coefficient (Wildman–Crippen LogP) is 1.97. The molecule has 138 valence electrons. The second-order valence-electron chi connectivity index (χ2n) is 6.89. The molecule has 7 nitrogen and oxygen atoms in total. The van der Waals surface area contributed by atoms with Crippen LogP contribution >= 0.6 is 0 Å². The quantitative estimate of drug-likeness (QED) is 0.855. The van der Waals surface area contributed by atoms with E-state index in [-0.39, 0.29) is 5.91 Å². The van der Waals surface area contributed by atoms with Gasteiger partial charge in [-0.3, -0.25) is 9.78 Å². The van der Waals surface area contributed by atoms with Crippen LogP contribution in [0.4, 0.5) is 11.6 Å². The van der Waals surface area contributed by atoms with Gasteiger partial charge in [0.05, 0.1) is 17.4 Å². The third-order valence-electron chi connectivity index (χ3n) is 4.47. The molecule has 1 aliphatic heterocycles. The van der Waals surface area contributed by atoms with Crippen molar-refractivity contribution in [1.82, 2.24) is 20.3 Å². The Labute approximate surface area is 154 Å². The van der Waals surface area contributed by atoms with Gasteiger partial charge in [0.1, 0.15) is 0 Å². The van der Waals surface area contributed by atoms with Gasteiger partial charge in [-0.1, -0.05) is 13.8 Å². The minimum Gasteiger partial charge on any atom is -0.367 e. The van der Waals surface area contributed by atoms with E-state index in [1.54, 1.807) is 18.6 Å². The van der Waals surface area contributed by atoms with Crippen molar-refractivity contribution < 1.29 is 4.79 Å². The Balaban J connectivity index is 1.58. The van der Waals surface area contributed by atoms with Crippen molar-refractivity contribution in [2.24, 2.45) is 5.92 Å². The number of hydrogen-bond donors (Lipinski definition) is 1. The summed E-state index contributed by atoms with van der Waals surface area (Å²) in [5.74, 6) is 1.28. The maximum atomic E-state index is 12.3. The van der Waals surface area contributed by atoms with Crippen LogP contribution in [0.15, 0.2) is 36.9 Å². The molecule has 2 aromatic heterocycles. The molecule has 0 spiro atoms. The summed E-state index contributed by atoms with van der Waals surface area (Å²) in [6, 6.07) is 3.75. The van der Waals surface area contributed by atoms with Crippen molar-refractivity contribution in [3.8, 4) is 0 Å². The molecule has 1 N–H and O–H groups in total. The number of amides is 1. The lowest BCUT2D eigenvalue weighted by molar-refractivity contribution is 0.0951. The highest BCUT2D eigenvalue weighted by atomic mass is 16.1. The molecule has 3 rings (SSSR count). The highest BCUT2D eigenvalue weighted by Crippen LogP contribution is 2.18. The molecule has 0 radical (unpaired) electrons. The van der Waals surface area contributed by atoms with Gasteiger partial charge in [0, 0.05) is 51.3 Å². The van der Waals surface area contributed by atoms with Crippen molar-refractivity contribution in [2.75, 3.05) is 42.5 Å². The Bertz CT molecular complexity index is 713. The largest absolute Gasteiger partial charge is 0.367 e. The molecule has 1 fully saturated rings. The van der Waals surface area contributed by atoms with Crippen molar-refractivity contribution in [3.63, 3.8) is 0 Å². The normalized spacial score (nSPS) is 14.6. The van der Waals surface area contributed by atoms with E-state index in [1.807, 2.05) is 18.3 Å². The molecule has 0 bridgehead atoms. The number of piperazine rings is 1. The minimum atomic E-state index is -0.0590. The molecule has 0 aromatic carbocycles. The van der Waals surface area contributed by atoms with Crippen LogP contribution in [-0.2, 0) is 0 Å². The van der Waals surface area contributed by atoms with Gasteiger partial charge < -0.3 is 15.1 Å². The number of rotatable bonds is 6. The molecule has 26 heavy (non-hydrogen) atoms. The lowest BCUT2D eigenvalue weighted by Crippen LogP contribution is -2.47. The molecule has 0 saturated carbocycles. The second-order valence-corrected chi connectivity index (χ2v) is 6.89. The Morgan fingerprint density at radius 1 is 1.12 bits per heavy atom. The molecule has 0 atom stereocenters. The zero-order valence-electron chi connectivity index (χ0n) is 15.4. The molecule has 1 aliphatic rings. The zero-order valence-corrected chi connectivity index (χ0v) is 15.4. The molecule has 0 aliphatic carbocycles. The first-order chi connectivity index (χ1) is 12.6. The standard InChI is InChI=1S/C19H26N6O/c1-15(2)4-7-21-18(26)16-12-17(14-20-13-16)24-8-10-25(11-9-24)19-22-5-3-6-23-19/h3,5-6,12-15H,4,7-11H2,1-2H3,(H,21,26). The van der Waals surface area contributed by atoms with Crippen LogP contribution in [0.2, 0.25) is 0 Å². The van der Waals surface area contributed by atoms with Crippen LogP contribution in [0.1, 0.15) is 30.6 Å².